The van der Waals surface area contributed by atoms with E-state index in [9.17, 15) is 0 Å². The van der Waals surface area contributed by atoms with E-state index in [1.54, 1.807) is 12.1 Å². The molecule has 1 aliphatic rings. The van der Waals surface area contributed by atoms with Gasteiger partial charge in [-0.1, -0.05) is 262 Å². The molecule has 0 saturated heterocycles. The second-order valence-electron chi connectivity index (χ2n) is 29.3. The summed E-state index contributed by atoms with van der Waals surface area (Å²) in [5.41, 5.74) is 1.94. The smallest absolute Gasteiger partial charge is 0.204 e. The Hall–Kier alpha value is -6.56. The highest BCUT2D eigenvalue weighted by atomic mass is 16.5. The maximum atomic E-state index is 17.0. The first kappa shape index (κ1) is 84.7. The zero-order valence-electron chi connectivity index (χ0n) is 66.9. The second kappa shape index (κ2) is 49.3. The van der Waals surface area contributed by atoms with Crippen molar-refractivity contribution in [3.8, 4) is 68.6 Å². The molecule has 0 spiro atoms. The molecule has 0 bridgehead atoms. The van der Waals surface area contributed by atoms with Gasteiger partial charge in [0.05, 0.1) is 71.6 Å². The van der Waals surface area contributed by atoms with Crippen molar-refractivity contribution in [1.82, 2.24) is 0 Å². The Morgan fingerprint density at radius 3 is 0.712 bits per heavy atom. The Morgan fingerprint density at radius 2 is 0.404 bits per heavy atom. The van der Waals surface area contributed by atoms with Crippen molar-refractivity contribution in [2.45, 2.75) is 326 Å². The van der Waals surface area contributed by atoms with Gasteiger partial charge in [0, 0.05) is 27.8 Å². The van der Waals surface area contributed by atoms with E-state index < -0.39 is 0 Å². The van der Waals surface area contributed by atoms with Gasteiger partial charge in [0.25, 0.3) is 0 Å². The van der Waals surface area contributed by atoms with Crippen LogP contribution < -0.4 is 47.4 Å². The number of benzene rings is 6. The number of hydrogen-bond donors (Lipinski definition) is 0. The molecule has 0 radical (unpaired) electrons. The van der Waals surface area contributed by atoms with Crippen molar-refractivity contribution in [3.05, 3.63) is 70.8 Å². The summed E-state index contributed by atoms with van der Waals surface area (Å²) in [5, 5.41) is 5.68. The molecule has 0 N–H and O–H groups in total. The van der Waals surface area contributed by atoms with E-state index in [2.05, 4.69) is 106 Å². The van der Waals surface area contributed by atoms with Crippen molar-refractivity contribution < 1.29 is 57.0 Å². The number of fused-ring (bicyclic) bond motifs is 8. The summed E-state index contributed by atoms with van der Waals surface area (Å²) in [7, 11) is 0. The van der Waals surface area contributed by atoms with Crippen LogP contribution in [0.4, 0.5) is 0 Å². The molecule has 0 aliphatic heterocycles. The Bertz CT molecular complexity index is 3430. The first-order valence-electron chi connectivity index (χ1n) is 42.5. The lowest BCUT2D eigenvalue weighted by molar-refractivity contribution is 0.0973. The highest BCUT2D eigenvalue weighted by Crippen LogP contribution is 2.55. The van der Waals surface area contributed by atoms with Crippen LogP contribution in [0.2, 0.25) is 0 Å². The molecule has 0 saturated carbocycles. The zero-order valence-corrected chi connectivity index (χ0v) is 66.9. The number of hydrogen-bond acceptors (Lipinski definition) is 12. The molecule has 0 atom stereocenters. The Balaban J connectivity index is 1.66. The molecule has 7 rings (SSSR count). The van der Waals surface area contributed by atoms with E-state index in [0.717, 1.165) is 295 Å². The van der Waals surface area contributed by atoms with Crippen LogP contribution in [0.3, 0.4) is 0 Å². The molecule has 0 heterocycles. The lowest BCUT2D eigenvalue weighted by atomic mass is 9.78. The quantitative estimate of drug-likeness (QED) is 0.0266. The van der Waals surface area contributed by atoms with E-state index in [1.165, 1.54) is 0 Å². The molecule has 12 nitrogen and oxygen atoms in total. The maximum Gasteiger partial charge on any atom is 0.204 e. The molecular weight excluding hydrogens is 1300 g/mol. The van der Waals surface area contributed by atoms with Gasteiger partial charge >= 0.3 is 0 Å². The molecule has 6 aromatic carbocycles. The van der Waals surface area contributed by atoms with Gasteiger partial charge in [0.2, 0.25) is 5.75 Å². The van der Waals surface area contributed by atoms with Gasteiger partial charge < -0.3 is 47.4 Å². The minimum Gasteiger partial charge on any atom is -0.493 e. The summed E-state index contributed by atoms with van der Waals surface area (Å²) >= 11 is 0. The van der Waals surface area contributed by atoms with Gasteiger partial charge in [-0.15, -0.1) is 0 Å². The highest BCUT2D eigenvalue weighted by Gasteiger charge is 2.41. The SMILES string of the molecule is CCCCCCOc1cc2c3cc(OCCCCCC)c(OCCCCCC)cc3c3cc(-c4c(OCCCCCC)c(OCCCCCC)cc5c4C(=O)c4cc(OCCCCCC)c(OCCCCCC)c(OCCCCCC)c4C5=O)c(OCCCCCC)cc3c2cc1OCCCCCC. The zero-order chi connectivity index (χ0) is 73.9. The number of rotatable bonds is 61. The molecule has 0 amide bonds. The fourth-order valence-electron chi connectivity index (χ4n) is 14.1. The predicted octanol–water partition coefficient (Wildman–Crippen LogP) is 27.2. The first-order valence-corrected chi connectivity index (χ1v) is 42.5. The van der Waals surface area contributed by atoms with Gasteiger partial charge in [-0.2, -0.15) is 0 Å². The van der Waals surface area contributed by atoms with Crippen molar-refractivity contribution in [2.24, 2.45) is 0 Å². The number of carbonyl (C=O) groups is 2. The van der Waals surface area contributed by atoms with Crippen LogP contribution in [0.5, 0.6) is 57.5 Å². The van der Waals surface area contributed by atoms with Crippen LogP contribution in [0, 0.1) is 0 Å². The first-order chi connectivity index (χ1) is 51.2. The van der Waals surface area contributed by atoms with E-state index >= 15 is 9.59 Å². The maximum absolute atomic E-state index is 17.0. The molecule has 12 heteroatoms. The third kappa shape index (κ3) is 25.3. The van der Waals surface area contributed by atoms with Crippen molar-refractivity contribution in [2.75, 3.05) is 66.1 Å². The Morgan fingerprint density at radius 1 is 0.183 bits per heavy atom. The van der Waals surface area contributed by atoms with Crippen LogP contribution in [-0.4, -0.2) is 77.6 Å². The summed E-state index contributed by atoms with van der Waals surface area (Å²) in [6, 6.07) is 16.8. The average Bonchev–Trinajstić information content (AvgIpc) is 0.712. The molecule has 6 aromatic rings. The van der Waals surface area contributed by atoms with Crippen molar-refractivity contribution in [3.63, 3.8) is 0 Å². The third-order valence-electron chi connectivity index (χ3n) is 20.3. The van der Waals surface area contributed by atoms with Crippen LogP contribution >= 0.6 is 0 Å². The third-order valence-corrected chi connectivity index (χ3v) is 20.3. The largest absolute Gasteiger partial charge is 0.493 e. The summed E-state index contributed by atoms with van der Waals surface area (Å²) in [5.74, 6) is 4.58. The van der Waals surface area contributed by atoms with Crippen LogP contribution in [-0.2, 0) is 0 Å². The summed E-state index contributed by atoms with van der Waals surface area (Å²) < 4.78 is 70.1. The minimum atomic E-state index is -0.345. The standard InChI is InChI=1S/C92H138O12/c1-11-21-31-41-51-95-78-62-70-69(71-63-79(96-52-42-32-22-12-2)81(98-54-44-34-24-14-4)65-73(71)74-66-82(99-55-45-35-25-15-5)80(64-72(70)74)97-53-43-33-23-13-3)61-75(78)86-85-76(67-83(100-56-46-36-26-16-6)90(86)102-58-48-38-28-18-8)89(94)87-77(88(85)93)68-84(101-57-47-37-27-17-7)91(103-59-49-39-29-19-9)92(87)104-60-50-40-30-20-10/h61-68H,11-60H2,1-10H3. The van der Waals surface area contributed by atoms with E-state index in [-0.39, 0.29) is 39.6 Å². The number of ketones is 2. The summed E-state index contributed by atoms with van der Waals surface area (Å²) in [6.07, 6.45) is 40.6. The van der Waals surface area contributed by atoms with E-state index in [4.69, 9.17) is 47.4 Å². The van der Waals surface area contributed by atoms with E-state index in [1.807, 2.05) is 0 Å². The van der Waals surface area contributed by atoms with Gasteiger partial charge in [0.15, 0.2) is 57.6 Å². The normalized spacial score (nSPS) is 12.0. The van der Waals surface area contributed by atoms with Crippen LogP contribution in [0.25, 0.3) is 43.4 Å². The Labute approximate surface area is 629 Å². The lowest BCUT2D eigenvalue weighted by Crippen LogP contribution is -2.25. The predicted molar refractivity (Wildman–Crippen MR) is 434 cm³/mol. The molecule has 0 unspecified atom stereocenters. The lowest BCUT2D eigenvalue weighted by Gasteiger charge is -2.28. The van der Waals surface area contributed by atoms with Crippen molar-refractivity contribution in [1.29, 1.82) is 0 Å². The van der Waals surface area contributed by atoms with Gasteiger partial charge in [-0.3, -0.25) is 9.59 Å². The average molecular weight is 1440 g/mol. The van der Waals surface area contributed by atoms with Gasteiger partial charge in [-0.25, -0.2) is 0 Å². The molecule has 578 valence electrons. The molecular formula is C92H138O12. The molecule has 1 aliphatic carbocycles. The fraction of sp³-hybridized carbons (Fsp3) is 0.652. The Kier molecular flexibility index (Phi) is 40.2. The second-order valence-corrected chi connectivity index (χ2v) is 29.3. The van der Waals surface area contributed by atoms with Crippen molar-refractivity contribution >= 4 is 43.9 Å². The van der Waals surface area contributed by atoms with Gasteiger partial charge in [-0.05, 0) is 145 Å². The fourth-order valence-corrected chi connectivity index (χ4v) is 14.1. The molecule has 0 fully saturated rings. The summed E-state index contributed by atoms with van der Waals surface area (Å²) in [4.78, 5) is 33.6. The molecule has 104 heavy (non-hydrogen) atoms. The number of carbonyl (C=O) groups excluding carboxylic acids is 2. The number of unbranched alkanes of at least 4 members (excludes halogenated alkanes) is 30. The molecule has 0 aromatic heterocycles. The highest BCUT2D eigenvalue weighted by molar-refractivity contribution is 6.33. The summed E-state index contributed by atoms with van der Waals surface area (Å²) in [6.45, 7) is 26.8. The monoisotopic (exact) mass is 1440 g/mol. The topological polar surface area (TPSA) is 126 Å². The van der Waals surface area contributed by atoms with Gasteiger partial charge in [0.1, 0.15) is 5.75 Å². The minimum absolute atomic E-state index is 0.189. The van der Waals surface area contributed by atoms with E-state index in [0.29, 0.717) is 123 Å². The van der Waals surface area contributed by atoms with Crippen LogP contribution in [0.1, 0.15) is 358 Å². The van der Waals surface area contributed by atoms with Crippen LogP contribution in [0.15, 0.2) is 48.5 Å². The number of ether oxygens (including phenoxy) is 10.